The highest BCUT2D eigenvalue weighted by Crippen LogP contribution is 2.17. The smallest absolute Gasteiger partial charge is 0.274 e. The summed E-state index contributed by atoms with van der Waals surface area (Å²) in [4.78, 5) is 17.4. The van der Waals surface area contributed by atoms with Crippen LogP contribution in [0.4, 0.5) is 5.69 Å². The number of piperidine rings is 1. The molecule has 1 heterocycles. The number of halogens is 1. The number of benzene rings is 1. The van der Waals surface area contributed by atoms with E-state index in [4.69, 9.17) is 0 Å². The summed E-state index contributed by atoms with van der Waals surface area (Å²) in [6.07, 6.45) is 3.65. The van der Waals surface area contributed by atoms with E-state index in [1.807, 2.05) is 0 Å². The normalized spacial score (nSPS) is 16.0. The standard InChI is InChI=1S/C18H29N5O2.HI/c1-15-8-12-22(13-9-15)11-5-10-20-18(19-2)21-14-16-6-3-4-7-17(16)23(24)25;/h3-4,6-7,15H,5,8-14H2,1-2H3,(H2,19,20,21);1H. The van der Waals surface area contributed by atoms with Crippen LogP contribution in [0.15, 0.2) is 29.3 Å². The number of para-hydroxylation sites is 1. The molecule has 1 aliphatic heterocycles. The summed E-state index contributed by atoms with van der Waals surface area (Å²) in [7, 11) is 1.71. The van der Waals surface area contributed by atoms with E-state index in [-0.39, 0.29) is 34.6 Å². The Kier molecular flexibility index (Phi) is 10.5. The van der Waals surface area contributed by atoms with Crippen molar-refractivity contribution in [3.05, 3.63) is 39.9 Å². The maximum absolute atomic E-state index is 11.0. The molecule has 1 fully saturated rings. The van der Waals surface area contributed by atoms with Gasteiger partial charge in [0, 0.05) is 31.8 Å². The van der Waals surface area contributed by atoms with Crippen LogP contribution in [0.3, 0.4) is 0 Å². The monoisotopic (exact) mass is 475 g/mol. The van der Waals surface area contributed by atoms with E-state index in [9.17, 15) is 10.1 Å². The predicted octanol–water partition coefficient (Wildman–Crippen LogP) is 3.00. The van der Waals surface area contributed by atoms with Crippen molar-refractivity contribution in [2.45, 2.75) is 32.7 Å². The molecular formula is C18H30IN5O2. The SMILES string of the molecule is CN=C(NCCCN1CCC(C)CC1)NCc1ccccc1[N+](=O)[O-].I. The summed E-state index contributed by atoms with van der Waals surface area (Å²) in [5.41, 5.74) is 0.780. The lowest BCUT2D eigenvalue weighted by Crippen LogP contribution is -2.39. The van der Waals surface area contributed by atoms with Gasteiger partial charge in [0.1, 0.15) is 0 Å². The van der Waals surface area contributed by atoms with Crippen molar-refractivity contribution in [1.29, 1.82) is 0 Å². The molecule has 0 unspecified atom stereocenters. The predicted molar refractivity (Wildman–Crippen MR) is 116 cm³/mol. The van der Waals surface area contributed by atoms with Crippen LogP contribution in [-0.2, 0) is 6.54 Å². The Bertz CT molecular complexity index is 589. The molecule has 146 valence electrons. The number of nitrogens with one attached hydrogen (secondary N) is 2. The first-order chi connectivity index (χ1) is 12.1. The second kappa shape index (κ2) is 12.1. The van der Waals surface area contributed by atoms with Gasteiger partial charge in [0.05, 0.1) is 4.92 Å². The third kappa shape index (κ3) is 7.45. The molecule has 1 aliphatic rings. The van der Waals surface area contributed by atoms with E-state index in [2.05, 4.69) is 27.4 Å². The second-order valence-electron chi connectivity index (χ2n) is 6.62. The Balaban J connectivity index is 0.00000338. The van der Waals surface area contributed by atoms with Gasteiger partial charge in [-0.25, -0.2) is 0 Å². The molecule has 0 aliphatic carbocycles. The van der Waals surface area contributed by atoms with Crippen LogP contribution in [0.5, 0.6) is 0 Å². The van der Waals surface area contributed by atoms with Crippen LogP contribution >= 0.6 is 24.0 Å². The largest absolute Gasteiger partial charge is 0.356 e. The average molecular weight is 475 g/mol. The van der Waals surface area contributed by atoms with Crippen molar-refractivity contribution in [3.8, 4) is 0 Å². The van der Waals surface area contributed by atoms with Gasteiger partial charge in [-0.2, -0.15) is 0 Å². The van der Waals surface area contributed by atoms with Gasteiger partial charge in [-0.15, -0.1) is 24.0 Å². The lowest BCUT2D eigenvalue weighted by molar-refractivity contribution is -0.385. The quantitative estimate of drug-likeness (QED) is 0.158. The zero-order chi connectivity index (χ0) is 18.1. The number of hydrogen-bond donors (Lipinski definition) is 2. The first-order valence-corrected chi connectivity index (χ1v) is 8.99. The van der Waals surface area contributed by atoms with Gasteiger partial charge in [0.15, 0.2) is 5.96 Å². The maximum atomic E-state index is 11.0. The molecule has 2 rings (SSSR count). The van der Waals surface area contributed by atoms with Crippen molar-refractivity contribution >= 4 is 35.6 Å². The molecule has 0 amide bonds. The first-order valence-electron chi connectivity index (χ1n) is 8.99. The Morgan fingerprint density at radius 3 is 2.65 bits per heavy atom. The fourth-order valence-corrected chi connectivity index (χ4v) is 3.03. The minimum atomic E-state index is -0.354. The number of hydrogen-bond acceptors (Lipinski definition) is 4. The number of guanidine groups is 1. The fourth-order valence-electron chi connectivity index (χ4n) is 3.03. The second-order valence-corrected chi connectivity index (χ2v) is 6.62. The number of likely N-dealkylation sites (tertiary alicyclic amines) is 1. The maximum Gasteiger partial charge on any atom is 0.274 e. The summed E-state index contributed by atoms with van der Waals surface area (Å²) < 4.78 is 0. The summed E-state index contributed by atoms with van der Waals surface area (Å²) in [5, 5.41) is 17.5. The Hall–Kier alpha value is -1.42. The van der Waals surface area contributed by atoms with Crippen LogP contribution in [0.25, 0.3) is 0 Å². The zero-order valence-corrected chi connectivity index (χ0v) is 17.9. The van der Waals surface area contributed by atoms with Gasteiger partial charge in [-0.3, -0.25) is 15.1 Å². The van der Waals surface area contributed by atoms with Crippen LogP contribution in [0.1, 0.15) is 31.7 Å². The Morgan fingerprint density at radius 1 is 1.31 bits per heavy atom. The summed E-state index contributed by atoms with van der Waals surface area (Å²) in [5.74, 6) is 1.53. The van der Waals surface area contributed by atoms with Gasteiger partial charge in [0.2, 0.25) is 0 Å². The van der Waals surface area contributed by atoms with E-state index in [1.54, 1.807) is 25.2 Å². The van der Waals surface area contributed by atoms with Crippen LogP contribution in [-0.4, -0.2) is 49.0 Å². The molecule has 0 bridgehead atoms. The van der Waals surface area contributed by atoms with E-state index in [0.717, 1.165) is 25.4 Å². The topological polar surface area (TPSA) is 82.8 Å². The molecule has 1 saturated heterocycles. The van der Waals surface area contributed by atoms with Gasteiger partial charge >= 0.3 is 0 Å². The number of nitrogens with zero attached hydrogens (tertiary/aromatic N) is 3. The third-order valence-corrected chi connectivity index (χ3v) is 4.68. The van der Waals surface area contributed by atoms with Gasteiger partial charge in [0.25, 0.3) is 5.69 Å². The molecule has 2 N–H and O–H groups in total. The molecule has 26 heavy (non-hydrogen) atoms. The number of aliphatic imine (C=N–C) groups is 1. The molecule has 8 heteroatoms. The fraction of sp³-hybridized carbons (Fsp3) is 0.611. The lowest BCUT2D eigenvalue weighted by Gasteiger charge is -2.30. The van der Waals surface area contributed by atoms with E-state index >= 15 is 0 Å². The van der Waals surface area contributed by atoms with Crippen LogP contribution in [0, 0.1) is 16.0 Å². The number of nitro groups is 1. The van der Waals surface area contributed by atoms with Gasteiger partial charge in [-0.05, 0) is 44.8 Å². The molecular weight excluding hydrogens is 445 g/mol. The van der Waals surface area contributed by atoms with Crippen molar-refractivity contribution < 1.29 is 4.92 Å². The highest BCUT2D eigenvalue weighted by molar-refractivity contribution is 14.0. The van der Waals surface area contributed by atoms with E-state index in [1.165, 1.54) is 32.0 Å². The number of rotatable bonds is 7. The number of nitro benzene ring substituents is 1. The summed E-state index contributed by atoms with van der Waals surface area (Å²) >= 11 is 0. The first kappa shape index (κ1) is 22.6. The van der Waals surface area contributed by atoms with Crippen molar-refractivity contribution in [2.24, 2.45) is 10.9 Å². The van der Waals surface area contributed by atoms with Crippen molar-refractivity contribution in [2.75, 3.05) is 33.2 Å². The molecule has 0 aromatic heterocycles. The molecule has 0 saturated carbocycles. The van der Waals surface area contributed by atoms with E-state index in [0.29, 0.717) is 18.1 Å². The van der Waals surface area contributed by atoms with E-state index < -0.39 is 0 Å². The third-order valence-electron chi connectivity index (χ3n) is 4.68. The zero-order valence-electron chi connectivity index (χ0n) is 15.6. The van der Waals surface area contributed by atoms with Gasteiger partial charge in [-0.1, -0.05) is 25.1 Å². The highest BCUT2D eigenvalue weighted by atomic mass is 127. The minimum absolute atomic E-state index is 0. The van der Waals surface area contributed by atoms with Crippen molar-refractivity contribution in [1.82, 2.24) is 15.5 Å². The average Bonchev–Trinajstić information content (AvgIpc) is 2.62. The highest BCUT2D eigenvalue weighted by Gasteiger charge is 2.15. The molecule has 1 aromatic carbocycles. The molecule has 1 aromatic rings. The molecule has 0 radical (unpaired) electrons. The summed E-state index contributed by atoms with van der Waals surface area (Å²) in [6, 6.07) is 6.76. The Morgan fingerprint density at radius 2 is 2.00 bits per heavy atom. The van der Waals surface area contributed by atoms with Crippen LogP contribution < -0.4 is 10.6 Å². The van der Waals surface area contributed by atoms with Crippen molar-refractivity contribution in [3.63, 3.8) is 0 Å². The Labute approximate surface area is 172 Å². The molecule has 7 nitrogen and oxygen atoms in total. The lowest BCUT2D eigenvalue weighted by atomic mass is 9.99. The molecule has 0 spiro atoms. The minimum Gasteiger partial charge on any atom is -0.356 e. The summed E-state index contributed by atoms with van der Waals surface area (Å²) in [6.45, 7) is 7.04. The van der Waals surface area contributed by atoms with Gasteiger partial charge < -0.3 is 15.5 Å². The van der Waals surface area contributed by atoms with Crippen LogP contribution in [0.2, 0.25) is 0 Å². The molecule has 0 atom stereocenters.